The number of hydrogen-bond donors (Lipinski definition) is 0. The molecule has 0 bridgehead atoms. The van der Waals surface area contributed by atoms with E-state index in [4.69, 9.17) is 4.74 Å². The van der Waals surface area contributed by atoms with E-state index in [1.54, 1.807) is 7.11 Å². The van der Waals surface area contributed by atoms with E-state index in [0.717, 1.165) is 6.42 Å². The number of amides is 1. The third-order valence-electron chi connectivity index (χ3n) is 2.24. The van der Waals surface area contributed by atoms with E-state index in [9.17, 15) is 9.59 Å². The molecule has 0 radical (unpaired) electrons. The van der Waals surface area contributed by atoms with Crippen LogP contribution in [0.1, 0.15) is 13.3 Å². The zero-order valence-electron chi connectivity index (χ0n) is 7.32. The van der Waals surface area contributed by atoms with Gasteiger partial charge >= 0.3 is 0 Å². The average Bonchev–Trinajstić information content (AvgIpc) is 2.46. The summed E-state index contributed by atoms with van der Waals surface area (Å²) in [6.45, 7) is 2.10. The highest BCUT2D eigenvalue weighted by atomic mass is 16.5. The number of carbonyl (C=O) groups is 2. The maximum Gasteiger partial charge on any atom is 0.210 e. The second-order valence-electron chi connectivity index (χ2n) is 2.96. The molecule has 0 unspecified atom stereocenters. The second-order valence-corrected chi connectivity index (χ2v) is 2.96. The molecule has 1 aliphatic rings. The van der Waals surface area contributed by atoms with Gasteiger partial charge in [-0.2, -0.15) is 0 Å². The molecule has 1 amide bonds. The largest absolute Gasteiger partial charge is 0.379 e. The number of Topliss-reactive ketones (excluding diaryl/α,β-unsaturated/α-hetero) is 1. The normalized spacial score (nSPS) is 29.0. The molecule has 0 aliphatic carbocycles. The van der Waals surface area contributed by atoms with Gasteiger partial charge in [-0.3, -0.25) is 9.59 Å². The molecule has 0 aromatic heterocycles. The number of rotatable bonds is 3. The molecule has 4 nitrogen and oxygen atoms in total. The highest BCUT2D eigenvalue weighted by Crippen LogP contribution is 2.19. The highest BCUT2D eigenvalue weighted by molar-refractivity contribution is 5.84. The van der Waals surface area contributed by atoms with Crippen LogP contribution in [0.4, 0.5) is 0 Å². The van der Waals surface area contributed by atoms with Crippen molar-refractivity contribution >= 4 is 12.2 Å². The first-order valence-electron chi connectivity index (χ1n) is 3.95. The van der Waals surface area contributed by atoms with Gasteiger partial charge in [-0.05, 0) is 13.3 Å². The van der Waals surface area contributed by atoms with Gasteiger partial charge in [0, 0.05) is 13.7 Å². The van der Waals surface area contributed by atoms with Crippen molar-refractivity contribution in [3.05, 3.63) is 0 Å². The fourth-order valence-corrected chi connectivity index (χ4v) is 1.65. The quantitative estimate of drug-likeness (QED) is 0.553. The molecule has 1 saturated heterocycles. The van der Waals surface area contributed by atoms with E-state index in [1.165, 1.54) is 11.8 Å². The van der Waals surface area contributed by atoms with Crippen molar-refractivity contribution in [1.29, 1.82) is 0 Å². The van der Waals surface area contributed by atoms with Crippen molar-refractivity contribution in [2.75, 3.05) is 13.7 Å². The van der Waals surface area contributed by atoms with Gasteiger partial charge in [-0.25, -0.2) is 0 Å². The molecule has 0 aromatic carbocycles. The monoisotopic (exact) mass is 171 g/mol. The molecule has 1 heterocycles. The fraction of sp³-hybridized carbons (Fsp3) is 0.750. The van der Waals surface area contributed by atoms with Gasteiger partial charge in [-0.1, -0.05) is 0 Å². The number of carbonyl (C=O) groups excluding carboxylic acids is 2. The molecule has 0 N–H and O–H groups in total. The summed E-state index contributed by atoms with van der Waals surface area (Å²) >= 11 is 0. The number of ketones is 1. The van der Waals surface area contributed by atoms with Crippen LogP contribution in [-0.2, 0) is 14.3 Å². The summed E-state index contributed by atoms with van der Waals surface area (Å²) in [4.78, 5) is 23.1. The van der Waals surface area contributed by atoms with E-state index in [1.807, 2.05) is 0 Å². The van der Waals surface area contributed by atoms with Gasteiger partial charge in [0.25, 0.3) is 0 Å². The van der Waals surface area contributed by atoms with Crippen molar-refractivity contribution in [3.8, 4) is 0 Å². The maximum absolute atomic E-state index is 11.1. The number of nitrogens with zero attached hydrogens (tertiary/aromatic N) is 1. The first-order chi connectivity index (χ1) is 5.70. The van der Waals surface area contributed by atoms with Crippen LogP contribution in [0, 0.1) is 0 Å². The smallest absolute Gasteiger partial charge is 0.210 e. The van der Waals surface area contributed by atoms with Crippen molar-refractivity contribution < 1.29 is 14.3 Å². The summed E-state index contributed by atoms with van der Waals surface area (Å²) in [7, 11) is 1.56. The number of methoxy groups -OCH3 is 1. The molecule has 2 atom stereocenters. The van der Waals surface area contributed by atoms with Gasteiger partial charge in [0.15, 0.2) is 5.78 Å². The molecule has 1 rings (SSSR count). The molecule has 1 aliphatic heterocycles. The lowest BCUT2D eigenvalue weighted by atomic mass is 10.1. The fourth-order valence-electron chi connectivity index (χ4n) is 1.65. The molecule has 0 saturated carbocycles. The van der Waals surface area contributed by atoms with Crippen LogP contribution < -0.4 is 0 Å². The Balaban J connectivity index is 2.71. The molecule has 0 spiro atoms. The summed E-state index contributed by atoms with van der Waals surface area (Å²) in [6, 6.07) is -0.368. The van der Waals surface area contributed by atoms with Crippen molar-refractivity contribution in [3.63, 3.8) is 0 Å². The Kier molecular flexibility index (Phi) is 2.81. The third kappa shape index (κ3) is 1.48. The van der Waals surface area contributed by atoms with Crippen LogP contribution in [0.3, 0.4) is 0 Å². The van der Waals surface area contributed by atoms with Crippen molar-refractivity contribution in [2.45, 2.75) is 25.5 Å². The Morgan fingerprint density at radius 2 is 2.33 bits per heavy atom. The van der Waals surface area contributed by atoms with Crippen LogP contribution in [0.25, 0.3) is 0 Å². The van der Waals surface area contributed by atoms with Gasteiger partial charge in [-0.15, -0.1) is 0 Å². The predicted octanol–water partition coefficient (Wildman–Crippen LogP) is -0.179. The Morgan fingerprint density at radius 3 is 2.75 bits per heavy atom. The van der Waals surface area contributed by atoms with Crippen LogP contribution in [0.2, 0.25) is 0 Å². The zero-order chi connectivity index (χ0) is 9.14. The lowest BCUT2D eigenvalue weighted by Crippen LogP contribution is -2.40. The number of ether oxygens (including phenoxy) is 1. The Bertz CT molecular complexity index is 193. The molecular weight excluding hydrogens is 158 g/mol. The van der Waals surface area contributed by atoms with Crippen molar-refractivity contribution in [1.82, 2.24) is 4.90 Å². The summed E-state index contributed by atoms with van der Waals surface area (Å²) in [5, 5.41) is 0. The minimum atomic E-state index is -0.368. The van der Waals surface area contributed by atoms with Crippen LogP contribution in [0.15, 0.2) is 0 Å². The van der Waals surface area contributed by atoms with E-state index in [-0.39, 0.29) is 17.9 Å². The van der Waals surface area contributed by atoms with Gasteiger partial charge < -0.3 is 9.64 Å². The van der Waals surface area contributed by atoms with Crippen LogP contribution in [0.5, 0.6) is 0 Å². The van der Waals surface area contributed by atoms with E-state index in [0.29, 0.717) is 13.0 Å². The topological polar surface area (TPSA) is 46.6 Å². The van der Waals surface area contributed by atoms with Crippen LogP contribution >= 0.6 is 0 Å². The first kappa shape index (κ1) is 9.19. The van der Waals surface area contributed by atoms with Gasteiger partial charge in [0.05, 0.1) is 6.10 Å². The summed E-state index contributed by atoms with van der Waals surface area (Å²) < 4.78 is 5.10. The minimum absolute atomic E-state index is 0.00792. The molecule has 4 heteroatoms. The lowest BCUT2D eigenvalue weighted by Gasteiger charge is -2.20. The Hall–Kier alpha value is -0.900. The summed E-state index contributed by atoms with van der Waals surface area (Å²) in [6.07, 6.45) is 1.35. The minimum Gasteiger partial charge on any atom is -0.379 e. The summed E-state index contributed by atoms with van der Waals surface area (Å²) in [5.41, 5.74) is 0. The van der Waals surface area contributed by atoms with Crippen LogP contribution in [-0.4, -0.2) is 42.9 Å². The molecule has 1 fully saturated rings. The second kappa shape index (κ2) is 3.67. The molecular formula is C8H13NO3. The maximum atomic E-state index is 11.1. The van der Waals surface area contributed by atoms with E-state index in [2.05, 4.69) is 0 Å². The van der Waals surface area contributed by atoms with E-state index < -0.39 is 0 Å². The average molecular weight is 171 g/mol. The highest BCUT2D eigenvalue weighted by Gasteiger charge is 2.36. The number of likely N-dealkylation sites (tertiary alicyclic amines) is 1. The Morgan fingerprint density at radius 1 is 1.67 bits per heavy atom. The standard InChI is InChI=1S/C8H13NO3/c1-6(11)8-7(12-2)3-4-9(8)5-10/h5,7-8H,3-4H2,1-2H3/t7-,8+/m0/s1. The number of hydrogen-bond acceptors (Lipinski definition) is 3. The molecule has 0 aromatic rings. The van der Waals surface area contributed by atoms with Gasteiger partial charge in [0.2, 0.25) is 6.41 Å². The van der Waals surface area contributed by atoms with E-state index >= 15 is 0 Å². The van der Waals surface area contributed by atoms with Gasteiger partial charge in [0.1, 0.15) is 6.04 Å². The van der Waals surface area contributed by atoms with Crippen molar-refractivity contribution in [2.24, 2.45) is 0 Å². The molecule has 12 heavy (non-hydrogen) atoms. The zero-order valence-corrected chi connectivity index (χ0v) is 7.32. The lowest BCUT2D eigenvalue weighted by molar-refractivity contribution is -0.131. The molecule has 68 valence electrons. The first-order valence-corrected chi connectivity index (χ1v) is 3.95. The third-order valence-corrected chi connectivity index (χ3v) is 2.24. The Labute approximate surface area is 71.5 Å². The predicted molar refractivity (Wildman–Crippen MR) is 42.7 cm³/mol. The summed E-state index contributed by atoms with van der Waals surface area (Å²) in [5.74, 6) is -0.00792. The SMILES string of the molecule is CO[C@H]1CCN(C=O)[C@@H]1C(C)=O.